The zero-order valence-electron chi connectivity index (χ0n) is 39.1. The molecule has 7 N–H and O–H groups in total. The van der Waals surface area contributed by atoms with E-state index in [0.29, 0.717) is 38.5 Å². The number of unbranched alkanes of at least 4 members (excludes halogenated alkanes) is 6. The third-order valence-electron chi connectivity index (χ3n) is 10.3. The van der Waals surface area contributed by atoms with Crippen molar-refractivity contribution >= 4 is 27.6 Å². The van der Waals surface area contributed by atoms with Crippen molar-refractivity contribution in [2.24, 2.45) is 11.8 Å². The van der Waals surface area contributed by atoms with Gasteiger partial charge in [-0.25, -0.2) is 9.13 Å². The number of ether oxygens (including phenoxy) is 2. The number of allylic oxidation sites excluding steroid dienone is 12. The fourth-order valence-corrected chi connectivity index (χ4v) is 7.83. The molecule has 1 aliphatic carbocycles. The molecule has 0 radical (unpaired) electrons. The van der Waals surface area contributed by atoms with Gasteiger partial charge >= 0.3 is 27.6 Å². The van der Waals surface area contributed by atoms with E-state index in [-0.39, 0.29) is 31.1 Å². The molecule has 66 heavy (non-hydrogen) atoms. The maximum atomic E-state index is 12.8. The Morgan fingerprint density at radius 3 is 1.79 bits per heavy atom. The number of hydrogen-bond acceptors (Lipinski definition) is 13. The van der Waals surface area contributed by atoms with Gasteiger partial charge < -0.3 is 44.6 Å². The highest BCUT2D eigenvalue weighted by atomic mass is 31.2. The average molecular weight is 975 g/mol. The smallest absolute Gasteiger partial charge is 0.462 e. The Morgan fingerprint density at radius 2 is 1.17 bits per heavy atom. The lowest BCUT2D eigenvalue weighted by molar-refractivity contribution is -0.161. The third-order valence-corrected chi connectivity index (χ3v) is 11.8. The lowest BCUT2D eigenvalue weighted by atomic mass is 9.89. The molecule has 18 heteroatoms. The van der Waals surface area contributed by atoms with Crippen molar-refractivity contribution in [1.29, 1.82) is 0 Å². The van der Waals surface area contributed by atoms with Crippen molar-refractivity contribution in [2.75, 3.05) is 26.4 Å². The molecule has 16 nitrogen and oxygen atoms in total. The number of aliphatic hydroxyl groups excluding tert-OH is 4. The molecule has 1 rings (SSSR count). The molecule has 1 unspecified atom stereocenters. The van der Waals surface area contributed by atoms with Crippen LogP contribution in [0.5, 0.6) is 0 Å². The molecule has 0 amide bonds. The third kappa shape index (κ3) is 34.5. The van der Waals surface area contributed by atoms with Crippen molar-refractivity contribution in [3.05, 3.63) is 85.1 Å². The Hall–Kier alpha value is -2.82. The van der Waals surface area contributed by atoms with Crippen LogP contribution in [-0.2, 0) is 41.8 Å². The number of carbonyl (C=O) groups excluding carboxylic acids is 2. The number of hydrogen-bond donors (Lipinski definition) is 7. The summed E-state index contributed by atoms with van der Waals surface area (Å²) >= 11 is 0. The highest BCUT2D eigenvalue weighted by Crippen LogP contribution is 2.44. The summed E-state index contributed by atoms with van der Waals surface area (Å²) in [6, 6.07) is 0. The molecule has 0 heterocycles. The first-order valence-electron chi connectivity index (χ1n) is 23.5. The zero-order chi connectivity index (χ0) is 48.9. The molecule has 0 aromatic heterocycles. The summed E-state index contributed by atoms with van der Waals surface area (Å²) in [5.74, 6) is -1.86. The highest BCUT2D eigenvalue weighted by molar-refractivity contribution is 7.47. The van der Waals surface area contributed by atoms with E-state index in [1.54, 1.807) is 12.2 Å². The summed E-state index contributed by atoms with van der Waals surface area (Å²) in [4.78, 5) is 53.0. The predicted molar refractivity (Wildman–Crippen MR) is 255 cm³/mol. The summed E-state index contributed by atoms with van der Waals surface area (Å²) in [5, 5.41) is 41.2. The Labute approximate surface area is 393 Å². The Morgan fingerprint density at radius 1 is 0.621 bits per heavy atom. The van der Waals surface area contributed by atoms with Gasteiger partial charge in [0.1, 0.15) is 12.7 Å². The van der Waals surface area contributed by atoms with Crippen LogP contribution in [0.15, 0.2) is 85.1 Å². The minimum absolute atomic E-state index is 0.0179. The van der Waals surface area contributed by atoms with Gasteiger partial charge in [0.05, 0.1) is 38.1 Å². The lowest BCUT2D eigenvalue weighted by Gasteiger charge is -2.20. The second-order valence-corrected chi connectivity index (χ2v) is 19.0. The average Bonchev–Trinajstić information content (AvgIpc) is 3.54. The summed E-state index contributed by atoms with van der Waals surface area (Å²) in [6.07, 6.45) is 36.8. The Kier molecular flexibility index (Phi) is 35.3. The fourth-order valence-electron chi connectivity index (χ4n) is 6.68. The van der Waals surface area contributed by atoms with Crippen LogP contribution in [0, 0.1) is 11.8 Å². The minimum Gasteiger partial charge on any atom is -0.462 e. The van der Waals surface area contributed by atoms with Crippen LogP contribution < -0.4 is 0 Å². The molecule has 8 atom stereocenters. The normalized spacial score (nSPS) is 20.8. The van der Waals surface area contributed by atoms with Gasteiger partial charge in [0, 0.05) is 25.2 Å². The zero-order valence-corrected chi connectivity index (χ0v) is 40.9. The molecule has 1 saturated carbocycles. The van der Waals surface area contributed by atoms with Crippen LogP contribution in [0.1, 0.15) is 136 Å². The number of esters is 2. The van der Waals surface area contributed by atoms with Crippen molar-refractivity contribution in [2.45, 2.75) is 166 Å². The van der Waals surface area contributed by atoms with Crippen molar-refractivity contribution in [3.8, 4) is 0 Å². The first-order valence-corrected chi connectivity index (χ1v) is 26.6. The SMILES string of the molecule is CCCCC/C=C\C/C=C\C/C=C\C/C=C\C/C=C\CCC(=O)OC[C@H](COP(=O)(O)OC[C@@H](O)COP(=O)(O)O)OC(=O)CCC/C=C/C[C@@H]1[C@@H](/C=C/[C@@H](O)CCCCC)[C@H](O)C[C@@H]1O. The van der Waals surface area contributed by atoms with E-state index in [1.165, 1.54) is 19.3 Å². The van der Waals surface area contributed by atoms with Gasteiger partial charge in [0.25, 0.3) is 0 Å². The molecule has 378 valence electrons. The summed E-state index contributed by atoms with van der Waals surface area (Å²) in [6.45, 7) is 1.26. The van der Waals surface area contributed by atoms with Crippen LogP contribution >= 0.6 is 15.6 Å². The van der Waals surface area contributed by atoms with Crippen molar-refractivity contribution < 1.29 is 76.9 Å². The van der Waals surface area contributed by atoms with Crippen LogP contribution in [0.25, 0.3) is 0 Å². The summed E-state index contributed by atoms with van der Waals surface area (Å²) in [5.41, 5.74) is 0. The maximum absolute atomic E-state index is 12.8. The van der Waals surface area contributed by atoms with Gasteiger partial charge in [0.15, 0.2) is 6.10 Å². The molecule has 0 saturated heterocycles. The van der Waals surface area contributed by atoms with Crippen LogP contribution in [0.4, 0.5) is 0 Å². The monoisotopic (exact) mass is 974 g/mol. The largest absolute Gasteiger partial charge is 0.472 e. The lowest BCUT2D eigenvalue weighted by Crippen LogP contribution is -2.29. The molecular weight excluding hydrogens is 894 g/mol. The number of rotatable bonds is 39. The molecule has 1 aliphatic rings. The van der Waals surface area contributed by atoms with Crippen LogP contribution in [0.2, 0.25) is 0 Å². The van der Waals surface area contributed by atoms with Gasteiger partial charge in [-0.3, -0.25) is 23.2 Å². The van der Waals surface area contributed by atoms with Gasteiger partial charge in [-0.15, -0.1) is 0 Å². The number of phosphoric ester groups is 2. The van der Waals surface area contributed by atoms with Gasteiger partial charge in [-0.05, 0) is 76.5 Å². The summed E-state index contributed by atoms with van der Waals surface area (Å²) < 4.78 is 47.8. The fraction of sp³-hybridized carbons (Fsp3) is 0.667. The van der Waals surface area contributed by atoms with Crippen molar-refractivity contribution in [3.63, 3.8) is 0 Å². The summed E-state index contributed by atoms with van der Waals surface area (Å²) in [7, 11) is -9.81. The van der Waals surface area contributed by atoms with Gasteiger partial charge in [0.2, 0.25) is 0 Å². The van der Waals surface area contributed by atoms with E-state index in [2.05, 4.69) is 65.4 Å². The van der Waals surface area contributed by atoms with Gasteiger partial charge in [-0.2, -0.15) is 0 Å². The van der Waals surface area contributed by atoms with E-state index in [4.69, 9.17) is 23.8 Å². The number of aliphatic hydroxyl groups is 4. The number of carbonyl (C=O) groups is 2. The second-order valence-electron chi connectivity index (χ2n) is 16.3. The van der Waals surface area contributed by atoms with E-state index >= 15 is 0 Å². The van der Waals surface area contributed by atoms with Crippen molar-refractivity contribution in [1.82, 2.24) is 0 Å². The Balaban J connectivity index is 2.61. The van der Waals surface area contributed by atoms with E-state index in [0.717, 1.165) is 44.9 Å². The maximum Gasteiger partial charge on any atom is 0.472 e. The van der Waals surface area contributed by atoms with Crippen LogP contribution in [-0.4, -0.2) is 104 Å². The van der Waals surface area contributed by atoms with Crippen LogP contribution in [0.3, 0.4) is 0 Å². The van der Waals surface area contributed by atoms with E-state index < -0.39 is 84.5 Å². The first-order chi connectivity index (χ1) is 31.6. The minimum atomic E-state index is -4.91. The molecule has 0 aromatic carbocycles. The molecule has 0 spiro atoms. The Bertz CT molecular complexity index is 1600. The molecule has 0 aliphatic heterocycles. The first kappa shape index (κ1) is 61.2. The topological polar surface area (TPSA) is 256 Å². The van der Waals surface area contributed by atoms with E-state index in [1.807, 2.05) is 30.4 Å². The molecule has 0 aromatic rings. The predicted octanol–water partition coefficient (Wildman–Crippen LogP) is 8.72. The molecule has 1 fully saturated rings. The molecule has 0 bridgehead atoms. The van der Waals surface area contributed by atoms with E-state index in [9.17, 15) is 44.0 Å². The quantitative estimate of drug-likeness (QED) is 0.0132. The highest BCUT2D eigenvalue weighted by Gasteiger charge is 2.39. The van der Waals surface area contributed by atoms with Gasteiger partial charge in [-0.1, -0.05) is 131 Å². The number of phosphoric acid groups is 2. The second kappa shape index (κ2) is 38.1. The molecular formula is C48H80O16P2. The standard InChI is InChI=1S/C48H80O16P2/c1-3-5-7-8-9-10-11-12-13-14-15-16-17-18-19-20-21-22-27-31-47(53)60-38-42(39-63-66(58,59)62-37-41(50)36-61-65(55,56)57)64-48(54)32-28-24-23-26-30-43-44(46(52)35-45(43)51)34-33-40(49)29-25-6-4-2/h9-10,12-13,15-16,18-19,21-23,26,33-34,40-46,49-52H,3-8,11,14,17,20,24-25,27-32,35-39H2,1-2H3,(H,58,59)(H2,55,56,57)/b10-9-,13-12-,16-15-,19-18-,22-21-,26-23+,34-33+/t40-,41-,42+,43+,44+,45-,46+/m0/s1.